The van der Waals surface area contributed by atoms with Crippen LogP contribution in [0.15, 0.2) is 18.2 Å². The summed E-state index contributed by atoms with van der Waals surface area (Å²) >= 11 is 0. The van der Waals surface area contributed by atoms with Crippen molar-refractivity contribution in [3.8, 4) is 0 Å². The van der Waals surface area contributed by atoms with E-state index < -0.39 is 0 Å². The summed E-state index contributed by atoms with van der Waals surface area (Å²) < 4.78 is 0. The Kier molecular flexibility index (Phi) is 11.0. The van der Waals surface area contributed by atoms with Crippen LogP contribution in [0.5, 0.6) is 0 Å². The van der Waals surface area contributed by atoms with E-state index in [0.29, 0.717) is 0 Å². The molecule has 1 rings (SSSR count). The van der Waals surface area contributed by atoms with Crippen molar-refractivity contribution in [1.29, 1.82) is 0 Å². The summed E-state index contributed by atoms with van der Waals surface area (Å²) in [5.41, 5.74) is 0. The van der Waals surface area contributed by atoms with Crippen molar-refractivity contribution in [2.45, 2.75) is 6.42 Å². The first kappa shape index (κ1) is 10.9. The molecule has 1 heteroatoms. The van der Waals surface area contributed by atoms with Crippen LogP contribution >= 0.6 is 0 Å². The van der Waals surface area contributed by atoms with Crippen LogP contribution < -0.4 is 0 Å². The van der Waals surface area contributed by atoms with Gasteiger partial charge in [-0.05, 0) is 0 Å². The van der Waals surface area contributed by atoms with Gasteiger partial charge >= 0.3 is 48.9 Å². The average molecular weight is 217 g/mol. The van der Waals surface area contributed by atoms with Gasteiger partial charge in [-0.3, -0.25) is 6.08 Å². The van der Waals surface area contributed by atoms with E-state index in [4.69, 9.17) is 0 Å². The van der Waals surface area contributed by atoms with Crippen LogP contribution in [0, 0.1) is 13.5 Å². The summed E-state index contributed by atoms with van der Waals surface area (Å²) in [6.07, 6.45) is 10.0. The SMILES string of the molecule is [Ba+2].[C-]1=CC=CC1.[CH3-]. The molecule has 0 amide bonds. The molecule has 0 spiro atoms. The number of hydrogen-bond donors (Lipinski definition) is 0. The molecule has 1 aliphatic rings. The number of rotatable bonds is 0. The topological polar surface area (TPSA) is 0 Å². The third-order valence-corrected chi connectivity index (χ3v) is 0.586. The Hall–Kier alpha value is 1.05. The Labute approximate surface area is 85.8 Å². The minimum atomic E-state index is 0. The minimum Gasteiger partial charge on any atom is -0.358 e. The zero-order valence-electron chi connectivity index (χ0n) is 4.65. The predicted octanol–water partition coefficient (Wildman–Crippen LogP) is 1.38. The molecular weight excluding hydrogens is 209 g/mol. The van der Waals surface area contributed by atoms with Gasteiger partial charge in [-0.2, -0.15) is 6.08 Å². The van der Waals surface area contributed by atoms with Gasteiger partial charge in [0.1, 0.15) is 0 Å². The second-order valence-electron chi connectivity index (χ2n) is 1.00. The van der Waals surface area contributed by atoms with E-state index in [1.165, 1.54) is 0 Å². The predicted molar refractivity (Wildman–Crippen MR) is 33.7 cm³/mol. The third-order valence-electron chi connectivity index (χ3n) is 0.586. The van der Waals surface area contributed by atoms with Crippen molar-refractivity contribution >= 4 is 48.9 Å². The Bertz CT molecular complexity index is 62.2. The molecule has 0 saturated heterocycles. The van der Waals surface area contributed by atoms with E-state index in [1.54, 1.807) is 0 Å². The maximum atomic E-state index is 2.99. The molecule has 0 atom stereocenters. The quantitative estimate of drug-likeness (QED) is 0.425. The standard InChI is InChI=1S/C5H5.CH3.Ba/c1-2-4-5-3-1;;/h1-3H,4H2;1H3;/q2*-1;+2. The molecule has 0 fully saturated rings. The van der Waals surface area contributed by atoms with Gasteiger partial charge in [0.05, 0.1) is 0 Å². The maximum absolute atomic E-state index is 2.99. The van der Waals surface area contributed by atoms with Crippen LogP contribution in [0.2, 0.25) is 0 Å². The molecule has 0 aliphatic heterocycles. The van der Waals surface area contributed by atoms with Crippen molar-refractivity contribution in [1.82, 2.24) is 0 Å². The van der Waals surface area contributed by atoms with Crippen molar-refractivity contribution in [2.24, 2.45) is 0 Å². The second kappa shape index (κ2) is 7.05. The summed E-state index contributed by atoms with van der Waals surface area (Å²) in [5.74, 6) is 0. The molecule has 0 aromatic carbocycles. The Balaban J connectivity index is 0. The number of hydrogen-bond acceptors (Lipinski definition) is 0. The van der Waals surface area contributed by atoms with Crippen LogP contribution in [0.3, 0.4) is 0 Å². The van der Waals surface area contributed by atoms with Crippen molar-refractivity contribution in [2.75, 3.05) is 0 Å². The Morgan fingerprint density at radius 2 is 2.14 bits per heavy atom. The molecule has 0 unspecified atom stereocenters. The molecule has 1 aliphatic carbocycles. The van der Waals surface area contributed by atoms with E-state index in [0.717, 1.165) is 6.42 Å². The van der Waals surface area contributed by atoms with E-state index in [1.807, 2.05) is 12.2 Å². The van der Waals surface area contributed by atoms with Gasteiger partial charge in [0, 0.05) is 0 Å². The average Bonchev–Trinajstić information content (AvgIpc) is 1.76. The smallest absolute Gasteiger partial charge is 0.358 e. The van der Waals surface area contributed by atoms with E-state index in [2.05, 4.69) is 12.2 Å². The summed E-state index contributed by atoms with van der Waals surface area (Å²) in [6.45, 7) is 0. The molecule has 0 heterocycles. The van der Waals surface area contributed by atoms with E-state index in [-0.39, 0.29) is 56.3 Å². The first-order valence-corrected chi connectivity index (χ1v) is 1.72. The normalized spacial score (nSPS) is 12.6. The van der Waals surface area contributed by atoms with Gasteiger partial charge in [-0.15, -0.1) is 6.42 Å². The van der Waals surface area contributed by atoms with Crippen LogP contribution in [0.25, 0.3) is 0 Å². The van der Waals surface area contributed by atoms with Crippen LogP contribution in [0.1, 0.15) is 6.42 Å². The molecule has 7 heavy (non-hydrogen) atoms. The van der Waals surface area contributed by atoms with Crippen molar-refractivity contribution < 1.29 is 0 Å². The fraction of sp³-hybridized carbons (Fsp3) is 0.167. The zero-order chi connectivity index (χ0) is 3.54. The minimum absolute atomic E-state index is 0. The van der Waals surface area contributed by atoms with Crippen LogP contribution in [-0.4, -0.2) is 48.9 Å². The van der Waals surface area contributed by atoms with Gasteiger partial charge in [0.2, 0.25) is 0 Å². The van der Waals surface area contributed by atoms with Crippen LogP contribution in [-0.2, 0) is 0 Å². The van der Waals surface area contributed by atoms with Crippen molar-refractivity contribution in [3.05, 3.63) is 31.7 Å². The Morgan fingerprint density at radius 3 is 2.29 bits per heavy atom. The molecule has 34 valence electrons. The van der Waals surface area contributed by atoms with Gasteiger partial charge in [-0.25, -0.2) is 12.2 Å². The summed E-state index contributed by atoms with van der Waals surface area (Å²) in [4.78, 5) is 0. The zero-order valence-corrected chi connectivity index (χ0v) is 9.09. The second-order valence-corrected chi connectivity index (χ2v) is 1.00. The summed E-state index contributed by atoms with van der Waals surface area (Å²) in [5, 5.41) is 0. The van der Waals surface area contributed by atoms with Crippen molar-refractivity contribution in [3.63, 3.8) is 0 Å². The summed E-state index contributed by atoms with van der Waals surface area (Å²) in [7, 11) is 0. The first-order chi connectivity index (χ1) is 2.50. The first-order valence-electron chi connectivity index (χ1n) is 1.72. The van der Waals surface area contributed by atoms with Gasteiger partial charge in [-0.1, -0.05) is 0 Å². The van der Waals surface area contributed by atoms with E-state index >= 15 is 0 Å². The largest absolute Gasteiger partial charge is 2.00 e. The van der Waals surface area contributed by atoms with Gasteiger partial charge in [0.25, 0.3) is 0 Å². The fourth-order valence-corrected chi connectivity index (χ4v) is 0.340. The summed E-state index contributed by atoms with van der Waals surface area (Å²) in [6, 6.07) is 0. The molecule has 0 aromatic heterocycles. The molecule has 0 bridgehead atoms. The van der Waals surface area contributed by atoms with Crippen LogP contribution in [0.4, 0.5) is 0 Å². The number of allylic oxidation sites excluding steroid dienone is 4. The molecule has 0 saturated carbocycles. The molecule has 0 N–H and O–H groups in total. The van der Waals surface area contributed by atoms with Gasteiger partial charge < -0.3 is 7.43 Å². The third kappa shape index (κ3) is 4.91. The monoisotopic (exact) mass is 218 g/mol. The molecular formula is C6H8Ba. The molecule has 0 nitrogen and oxygen atoms in total. The van der Waals surface area contributed by atoms with E-state index in [9.17, 15) is 0 Å². The fourth-order valence-electron chi connectivity index (χ4n) is 0.340. The van der Waals surface area contributed by atoms with Gasteiger partial charge in [0.15, 0.2) is 0 Å². The molecule has 0 aromatic rings. The maximum Gasteiger partial charge on any atom is 2.00 e. The molecule has 0 radical (unpaired) electrons. The Morgan fingerprint density at radius 1 is 1.43 bits per heavy atom.